The van der Waals surface area contributed by atoms with E-state index in [0.29, 0.717) is 16.9 Å². The summed E-state index contributed by atoms with van der Waals surface area (Å²) < 4.78 is 0. The van der Waals surface area contributed by atoms with Gasteiger partial charge < -0.3 is 4.90 Å². The molecule has 86 valence electrons. The normalized spacial score (nSPS) is 16.4. The van der Waals surface area contributed by atoms with Gasteiger partial charge in [-0.15, -0.1) is 0 Å². The van der Waals surface area contributed by atoms with Gasteiger partial charge in [0.15, 0.2) is 0 Å². The van der Waals surface area contributed by atoms with Crippen molar-refractivity contribution in [2.24, 2.45) is 0 Å². The molecule has 0 atom stereocenters. The number of nitrogens with zero attached hydrogens (tertiary/aromatic N) is 2. The van der Waals surface area contributed by atoms with E-state index in [1.54, 1.807) is 23.1 Å². The molecular weight excluding hydrogens is 224 g/mol. The quantitative estimate of drug-likeness (QED) is 0.743. The van der Waals surface area contributed by atoms with Crippen LogP contribution in [0.2, 0.25) is 5.15 Å². The number of carbonyl (C=O) groups excluding carboxylic acids is 1. The van der Waals surface area contributed by atoms with Crippen LogP contribution in [0.25, 0.3) is 0 Å². The SMILES string of the molecule is CN(C(=O)c1cccc(Cl)n1)C1CCCC1. The van der Waals surface area contributed by atoms with E-state index in [1.807, 2.05) is 7.05 Å². The minimum Gasteiger partial charge on any atom is -0.337 e. The number of aromatic nitrogens is 1. The fraction of sp³-hybridized carbons (Fsp3) is 0.500. The van der Waals surface area contributed by atoms with Crippen LogP contribution in [0, 0.1) is 0 Å². The van der Waals surface area contributed by atoms with Crippen molar-refractivity contribution in [3.05, 3.63) is 29.0 Å². The van der Waals surface area contributed by atoms with Gasteiger partial charge in [0.05, 0.1) is 0 Å². The summed E-state index contributed by atoms with van der Waals surface area (Å²) in [4.78, 5) is 17.9. The smallest absolute Gasteiger partial charge is 0.272 e. The van der Waals surface area contributed by atoms with Gasteiger partial charge in [-0.1, -0.05) is 30.5 Å². The average Bonchev–Trinajstić information content (AvgIpc) is 2.80. The molecule has 1 aliphatic carbocycles. The van der Waals surface area contributed by atoms with Gasteiger partial charge in [0.1, 0.15) is 10.8 Å². The molecule has 0 radical (unpaired) electrons. The second-order valence-corrected chi connectivity index (χ2v) is 4.59. The van der Waals surface area contributed by atoms with Crippen molar-refractivity contribution in [2.75, 3.05) is 7.05 Å². The van der Waals surface area contributed by atoms with Gasteiger partial charge in [-0.3, -0.25) is 4.79 Å². The molecule has 3 nitrogen and oxygen atoms in total. The zero-order valence-corrected chi connectivity index (χ0v) is 10.1. The van der Waals surface area contributed by atoms with Gasteiger partial charge >= 0.3 is 0 Å². The van der Waals surface area contributed by atoms with Gasteiger partial charge in [0.25, 0.3) is 5.91 Å². The van der Waals surface area contributed by atoms with E-state index in [-0.39, 0.29) is 5.91 Å². The lowest BCUT2D eigenvalue weighted by molar-refractivity contribution is 0.0729. The first kappa shape index (κ1) is 11.4. The standard InChI is InChI=1S/C12H15ClN2O/c1-15(9-5-2-3-6-9)12(16)10-7-4-8-11(13)14-10/h4,7-9H,2-3,5-6H2,1H3. The summed E-state index contributed by atoms with van der Waals surface area (Å²) in [6, 6.07) is 5.51. The van der Waals surface area contributed by atoms with Crippen LogP contribution >= 0.6 is 11.6 Å². The largest absolute Gasteiger partial charge is 0.337 e. The molecule has 1 aromatic rings. The Labute approximate surface area is 100 Å². The predicted octanol–water partition coefficient (Wildman–Crippen LogP) is 2.75. The van der Waals surface area contributed by atoms with E-state index in [1.165, 1.54) is 12.8 Å². The molecule has 0 aliphatic heterocycles. The Morgan fingerprint density at radius 2 is 2.12 bits per heavy atom. The van der Waals surface area contributed by atoms with Crippen LogP contribution in [0.15, 0.2) is 18.2 Å². The third kappa shape index (κ3) is 2.35. The molecular formula is C12H15ClN2O. The molecule has 1 aliphatic rings. The van der Waals surface area contributed by atoms with Crippen LogP contribution in [0.1, 0.15) is 36.2 Å². The minimum absolute atomic E-state index is 0.0330. The van der Waals surface area contributed by atoms with E-state index in [2.05, 4.69) is 4.98 Å². The van der Waals surface area contributed by atoms with E-state index in [9.17, 15) is 4.79 Å². The van der Waals surface area contributed by atoms with Crippen molar-refractivity contribution >= 4 is 17.5 Å². The Bertz CT molecular complexity index is 388. The van der Waals surface area contributed by atoms with Crippen molar-refractivity contribution in [2.45, 2.75) is 31.7 Å². The molecule has 1 saturated carbocycles. The fourth-order valence-electron chi connectivity index (χ4n) is 2.17. The van der Waals surface area contributed by atoms with Crippen molar-refractivity contribution in [3.63, 3.8) is 0 Å². The summed E-state index contributed by atoms with van der Waals surface area (Å²) in [7, 11) is 1.85. The van der Waals surface area contributed by atoms with Gasteiger partial charge in [0, 0.05) is 13.1 Å². The maximum absolute atomic E-state index is 12.1. The molecule has 0 saturated heterocycles. The van der Waals surface area contributed by atoms with Crippen LogP contribution in [-0.4, -0.2) is 28.9 Å². The lowest BCUT2D eigenvalue weighted by Gasteiger charge is -2.23. The van der Waals surface area contributed by atoms with Crippen LogP contribution in [0.4, 0.5) is 0 Å². The van der Waals surface area contributed by atoms with Gasteiger partial charge in [-0.05, 0) is 25.0 Å². The molecule has 4 heteroatoms. The van der Waals surface area contributed by atoms with Gasteiger partial charge in [-0.25, -0.2) is 4.98 Å². The molecule has 0 aromatic carbocycles. The van der Waals surface area contributed by atoms with Crippen molar-refractivity contribution in [1.29, 1.82) is 0 Å². The molecule has 0 spiro atoms. The Balaban J connectivity index is 2.12. The number of rotatable bonds is 2. The number of hydrogen-bond acceptors (Lipinski definition) is 2. The zero-order chi connectivity index (χ0) is 11.5. The molecule has 16 heavy (non-hydrogen) atoms. The summed E-state index contributed by atoms with van der Waals surface area (Å²) in [5.41, 5.74) is 0.432. The Kier molecular flexibility index (Phi) is 3.44. The van der Waals surface area contributed by atoms with Gasteiger partial charge in [-0.2, -0.15) is 0 Å². The Morgan fingerprint density at radius 3 is 2.75 bits per heavy atom. The summed E-state index contributed by atoms with van der Waals surface area (Å²) >= 11 is 5.77. The Hall–Kier alpha value is -1.09. The van der Waals surface area contributed by atoms with Crippen LogP contribution in [0.5, 0.6) is 0 Å². The first-order valence-corrected chi connectivity index (χ1v) is 5.96. The molecule has 1 amide bonds. The summed E-state index contributed by atoms with van der Waals surface area (Å²) in [5.74, 6) is -0.0330. The second-order valence-electron chi connectivity index (χ2n) is 4.20. The van der Waals surface area contributed by atoms with Crippen LogP contribution < -0.4 is 0 Å². The third-order valence-electron chi connectivity index (χ3n) is 3.13. The number of hydrogen-bond donors (Lipinski definition) is 0. The van der Waals surface area contributed by atoms with E-state index in [0.717, 1.165) is 12.8 Å². The molecule has 0 unspecified atom stereocenters. The number of carbonyl (C=O) groups is 1. The van der Waals surface area contributed by atoms with Gasteiger partial charge in [0.2, 0.25) is 0 Å². The highest BCUT2D eigenvalue weighted by atomic mass is 35.5. The van der Waals surface area contributed by atoms with Crippen LogP contribution in [0.3, 0.4) is 0 Å². The number of halogens is 1. The van der Waals surface area contributed by atoms with Crippen molar-refractivity contribution < 1.29 is 4.79 Å². The number of pyridine rings is 1. The van der Waals surface area contributed by atoms with Crippen molar-refractivity contribution in [3.8, 4) is 0 Å². The number of amides is 1. The summed E-state index contributed by atoms with van der Waals surface area (Å²) in [6.07, 6.45) is 4.63. The molecule has 1 heterocycles. The first-order valence-electron chi connectivity index (χ1n) is 5.58. The lowest BCUT2D eigenvalue weighted by atomic mass is 10.2. The third-order valence-corrected chi connectivity index (χ3v) is 3.34. The highest BCUT2D eigenvalue weighted by Crippen LogP contribution is 2.23. The van der Waals surface area contributed by atoms with E-state index >= 15 is 0 Å². The fourth-order valence-corrected chi connectivity index (χ4v) is 2.33. The highest BCUT2D eigenvalue weighted by molar-refractivity contribution is 6.29. The first-order chi connectivity index (χ1) is 7.68. The lowest BCUT2D eigenvalue weighted by Crippen LogP contribution is -2.35. The topological polar surface area (TPSA) is 33.2 Å². The summed E-state index contributed by atoms with van der Waals surface area (Å²) in [5, 5.41) is 0.366. The van der Waals surface area contributed by atoms with Crippen LogP contribution in [-0.2, 0) is 0 Å². The highest BCUT2D eigenvalue weighted by Gasteiger charge is 2.24. The molecule has 1 fully saturated rings. The zero-order valence-electron chi connectivity index (χ0n) is 9.32. The van der Waals surface area contributed by atoms with Crippen molar-refractivity contribution in [1.82, 2.24) is 9.88 Å². The molecule has 1 aromatic heterocycles. The second kappa shape index (κ2) is 4.83. The maximum Gasteiger partial charge on any atom is 0.272 e. The predicted molar refractivity (Wildman–Crippen MR) is 63.6 cm³/mol. The maximum atomic E-state index is 12.1. The molecule has 2 rings (SSSR count). The molecule has 0 N–H and O–H groups in total. The Morgan fingerprint density at radius 1 is 1.44 bits per heavy atom. The van der Waals surface area contributed by atoms with E-state index < -0.39 is 0 Å². The average molecular weight is 239 g/mol. The minimum atomic E-state index is -0.0330. The monoisotopic (exact) mass is 238 g/mol. The molecule has 0 bridgehead atoms. The summed E-state index contributed by atoms with van der Waals surface area (Å²) in [6.45, 7) is 0. The van der Waals surface area contributed by atoms with E-state index in [4.69, 9.17) is 11.6 Å².